The fraction of sp³-hybridized carbons (Fsp3) is 1.00. The fourth-order valence-corrected chi connectivity index (χ4v) is 2.88. The third kappa shape index (κ3) is 4.94. The minimum atomic E-state index is -2.86. The Bertz CT molecular complexity index is 323. The standard InChI is InChI=1S/C12H25NO3S/c1-4-12(5-2)10-11(6-8-16-12)13-7-9-17(3,14)15/h11,13H,4-10H2,1-3H3. The summed E-state index contributed by atoms with van der Waals surface area (Å²) in [4.78, 5) is 0. The van der Waals surface area contributed by atoms with Crippen LogP contribution in [0.3, 0.4) is 0 Å². The smallest absolute Gasteiger partial charge is 0.148 e. The summed E-state index contributed by atoms with van der Waals surface area (Å²) in [6.07, 6.45) is 5.29. The molecule has 5 heteroatoms. The Hall–Kier alpha value is -0.130. The van der Waals surface area contributed by atoms with Crippen LogP contribution in [0.2, 0.25) is 0 Å². The number of sulfone groups is 1. The Morgan fingerprint density at radius 2 is 2.00 bits per heavy atom. The van der Waals surface area contributed by atoms with Gasteiger partial charge in [-0.15, -0.1) is 0 Å². The SMILES string of the molecule is CCC1(CC)CC(NCCS(C)(=O)=O)CCO1. The van der Waals surface area contributed by atoms with Crippen LogP contribution in [0.25, 0.3) is 0 Å². The van der Waals surface area contributed by atoms with Crippen LogP contribution in [-0.4, -0.2) is 45.2 Å². The minimum Gasteiger partial charge on any atom is -0.375 e. The van der Waals surface area contributed by atoms with Crippen molar-refractivity contribution in [1.82, 2.24) is 5.32 Å². The lowest BCUT2D eigenvalue weighted by molar-refractivity contribution is -0.0927. The van der Waals surface area contributed by atoms with Crippen molar-refractivity contribution < 1.29 is 13.2 Å². The second-order valence-electron chi connectivity index (χ2n) is 5.01. The Morgan fingerprint density at radius 3 is 2.53 bits per heavy atom. The van der Waals surface area contributed by atoms with E-state index in [-0.39, 0.29) is 11.4 Å². The van der Waals surface area contributed by atoms with Gasteiger partial charge < -0.3 is 10.1 Å². The first-order valence-electron chi connectivity index (χ1n) is 6.46. The maximum Gasteiger partial charge on any atom is 0.148 e. The van der Waals surface area contributed by atoms with Crippen molar-refractivity contribution in [3.63, 3.8) is 0 Å². The zero-order chi connectivity index (χ0) is 12.9. The van der Waals surface area contributed by atoms with Gasteiger partial charge in [0.1, 0.15) is 9.84 Å². The third-order valence-corrected chi connectivity index (χ3v) is 4.63. The van der Waals surface area contributed by atoms with E-state index in [1.54, 1.807) is 0 Å². The molecular formula is C12H25NO3S. The highest BCUT2D eigenvalue weighted by molar-refractivity contribution is 7.90. The van der Waals surface area contributed by atoms with Crippen molar-refractivity contribution in [2.75, 3.05) is 25.2 Å². The molecule has 0 radical (unpaired) electrons. The maximum atomic E-state index is 11.0. The molecule has 0 spiro atoms. The van der Waals surface area contributed by atoms with E-state index in [0.29, 0.717) is 12.6 Å². The molecule has 1 fully saturated rings. The maximum absolute atomic E-state index is 11.0. The number of ether oxygens (including phenoxy) is 1. The minimum absolute atomic E-state index is 0.000998. The molecule has 0 aliphatic carbocycles. The van der Waals surface area contributed by atoms with Crippen LogP contribution in [0, 0.1) is 0 Å². The highest BCUT2D eigenvalue weighted by atomic mass is 32.2. The molecule has 17 heavy (non-hydrogen) atoms. The largest absolute Gasteiger partial charge is 0.375 e. The molecule has 1 unspecified atom stereocenters. The van der Waals surface area contributed by atoms with Crippen molar-refractivity contribution in [2.24, 2.45) is 0 Å². The van der Waals surface area contributed by atoms with Crippen molar-refractivity contribution in [2.45, 2.75) is 51.2 Å². The molecule has 1 rings (SSSR count). The van der Waals surface area contributed by atoms with Gasteiger partial charge in [0.05, 0.1) is 11.4 Å². The van der Waals surface area contributed by atoms with E-state index < -0.39 is 9.84 Å². The van der Waals surface area contributed by atoms with Crippen LogP contribution in [-0.2, 0) is 14.6 Å². The molecule has 0 aromatic rings. The molecule has 0 amide bonds. The molecule has 1 atom stereocenters. The zero-order valence-electron chi connectivity index (χ0n) is 11.2. The summed E-state index contributed by atoms with van der Waals surface area (Å²) in [6.45, 7) is 5.63. The molecule has 0 bridgehead atoms. The molecular weight excluding hydrogens is 238 g/mol. The zero-order valence-corrected chi connectivity index (χ0v) is 12.0. The third-order valence-electron chi connectivity index (χ3n) is 3.69. The summed E-state index contributed by atoms with van der Waals surface area (Å²) < 4.78 is 28.0. The molecule has 1 aliphatic heterocycles. The summed E-state index contributed by atoms with van der Waals surface area (Å²) in [5.74, 6) is 0.218. The molecule has 0 aromatic heterocycles. The van der Waals surface area contributed by atoms with Crippen LogP contribution >= 0.6 is 0 Å². The van der Waals surface area contributed by atoms with Crippen LogP contribution in [0.1, 0.15) is 39.5 Å². The predicted octanol–water partition coefficient (Wildman–Crippen LogP) is 1.36. The van der Waals surface area contributed by atoms with E-state index in [0.717, 1.165) is 32.3 Å². The first-order chi connectivity index (χ1) is 7.91. The number of hydrogen-bond donors (Lipinski definition) is 1. The van der Waals surface area contributed by atoms with Gasteiger partial charge in [-0.25, -0.2) is 8.42 Å². The van der Waals surface area contributed by atoms with E-state index in [9.17, 15) is 8.42 Å². The highest BCUT2D eigenvalue weighted by Gasteiger charge is 2.34. The fourth-order valence-electron chi connectivity index (χ4n) is 2.39. The summed E-state index contributed by atoms with van der Waals surface area (Å²) in [6, 6.07) is 0.394. The Kier molecular flexibility index (Phi) is 5.41. The van der Waals surface area contributed by atoms with Gasteiger partial charge in [-0.3, -0.25) is 0 Å². The van der Waals surface area contributed by atoms with E-state index in [4.69, 9.17) is 4.74 Å². The van der Waals surface area contributed by atoms with Gasteiger partial charge >= 0.3 is 0 Å². The normalized spacial score (nSPS) is 24.8. The molecule has 102 valence electrons. The van der Waals surface area contributed by atoms with E-state index in [2.05, 4.69) is 19.2 Å². The second kappa shape index (κ2) is 6.16. The molecule has 0 saturated carbocycles. The van der Waals surface area contributed by atoms with Gasteiger partial charge in [0.25, 0.3) is 0 Å². The van der Waals surface area contributed by atoms with E-state index in [1.807, 2.05) is 0 Å². The Balaban J connectivity index is 2.40. The number of hydrogen-bond acceptors (Lipinski definition) is 4. The van der Waals surface area contributed by atoms with Gasteiger partial charge in [0, 0.05) is 25.4 Å². The van der Waals surface area contributed by atoms with Crippen molar-refractivity contribution >= 4 is 9.84 Å². The summed E-state index contributed by atoms with van der Waals surface area (Å²) in [5, 5.41) is 3.34. The van der Waals surface area contributed by atoms with Crippen LogP contribution in [0.15, 0.2) is 0 Å². The molecule has 1 saturated heterocycles. The predicted molar refractivity (Wildman–Crippen MR) is 70.0 cm³/mol. The van der Waals surface area contributed by atoms with Crippen LogP contribution in [0.5, 0.6) is 0 Å². The summed E-state index contributed by atoms with van der Waals surface area (Å²) in [5.41, 5.74) is 0.000998. The van der Waals surface area contributed by atoms with Gasteiger partial charge in [-0.2, -0.15) is 0 Å². The highest BCUT2D eigenvalue weighted by Crippen LogP contribution is 2.31. The van der Waals surface area contributed by atoms with Crippen LogP contribution in [0.4, 0.5) is 0 Å². The van der Waals surface area contributed by atoms with E-state index in [1.165, 1.54) is 6.26 Å². The van der Waals surface area contributed by atoms with E-state index >= 15 is 0 Å². The lowest BCUT2D eigenvalue weighted by Crippen LogP contribution is -2.47. The van der Waals surface area contributed by atoms with Crippen molar-refractivity contribution in [3.8, 4) is 0 Å². The average molecular weight is 263 g/mol. The molecule has 1 aliphatic rings. The quantitative estimate of drug-likeness (QED) is 0.786. The van der Waals surface area contributed by atoms with Crippen molar-refractivity contribution in [1.29, 1.82) is 0 Å². The lowest BCUT2D eigenvalue weighted by Gasteiger charge is -2.40. The van der Waals surface area contributed by atoms with Crippen molar-refractivity contribution in [3.05, 3.63) is 0 Å². The second-order valence-corrected chi connectivity index (χ2v) is 7.27. The summed E-state index contributed by atoms with van der Waals surface area (Å²) >= 11 is 0. The van der Waals surface area contributed by atoms with Gasteiger partial charge in [0.15, 0.2) is 0 Å². The molecule has 0 aromatic carbocycles. The Labute approximate surface area is 105 Å². The van der Waals surface area contributed by atoms with Crippen LogP contribution < -0.4 is 5.32 Å². The molecule has 1 heterocycles. The number of nitrogens with one attached hydrogen (secondary N) is 1. The lowest BCUT2D eigenvalue weighted by atomic mass is 9.86. The topological polar surface area (TPSA) is 55.4 Å². The molecule has 4 nitrogen and oxygen atoms in total. The first-order valence-corrected chi connectivity index (χ1v) is 8.52. The summed E-state index contributed by atoms with van der Waals surface area (Å²) in [7, 11) is -2.86. The van der Waals surface area contributed by atoms with Gasteiger partial charge in [0.2, 0.25) is 0 Å². The van der Waals surface area contributed by atoms with Gasteiger partial charge in [-0.1, -0.05) is 13.8 Å². The first kappa shape index (κ1) is 14.9. The average Bonchev–Trinajstić information content (AvgIpc) is 2.27. The monoisotopic (exact) mass is 263 g/mol. The Morgan fingerprint density at radius 1 is 1.35 bits per heavy atom. The number of rotatable bonds is 6. The molecule has 1 N–H and O–H groups in total. The van der Waals surface area contributed by atoms with Gasteiger partial charge in [-0.05, 0) is 25.7 Å².